The van der Waals surface area contributed by atoms with Gasteiger partial charge in [-0.3, -0.25) is 9.59 Å². The Morgan fingerprint density at radius 3 is 2.73 bits per heavy atom. The fraction of sp³-hybridized carbons (Fsp3) is 0.348. The SMILES string of the molecule is Cc1ccc(NC(=O)Cn2nc(N3CCC[C@@H](C)C3)c3ccccc3c2=O)cc1Cl. The second kappa shape index (κ2) is 8.48. The normalized spacial score (nSPS) is 16.6. The molecule has 4 rings (SSSR count). The quantitative estimate of drug-likeness (QED) is 0.680. The van der Waals surface area contributed by atoms with Crippen LogP contribution in [0.3, 0.4) is 0 Å². The molecule has 0 spiro atoms. The monoisotopic (exact) mass is 424 g/mol. The molecule has 1 aromatic heterocycles. The third-order valence-electron chi connectivity index (χ3n) is 5.55. The molecule has 3 aromatic rings. The maximum atomic E-state index is 13.0. The first kappa shape index (κ1) is 20.4. The largest absolute Gasteiger partial charge is 0.354 e. The van der Waals surface area contributed by atoms with Gasteiger partial charge in [0.1, 0.15) is 6.54 Å². The number of carbonyl (C=O) groups is 1. The van der Waals surface area contributed by atoms with Crippen LogP contribution in [-0.4, -0.2) is 28.8 Å². The van der Waals surface area contributed by atoms with Crippen LogP contribution in [0.1, 0.15) is 25.3 Å². The van der Waals surface area contributed by atoms with Crippen molar-refractivity contribution in [2.45, 2.75) is 33.2 Å². The lowest BCUT2D eigenvalue weighted by Crippen LogP contribution is -2.38. The second-order valence-corrected chi connectivity index (χ2v) is 8.44. The number of amides is 1. The Hall–Kier alpha value is -2.86. The Kier molecular flexibility index (Phi) is 5.77. The van der Waals surface area contributed by atoms with Crippen LogP contribution in [0, 0.1) is 12.8 Å². The summed E-state index contributed by atoms with van der Waals surface area (Å²) < 4.78 is 1.27. The van der Waals surface area contributed by atoms with Gasteiger partial charge in [0, 0.05) is 29.2 Å². The number of hydrogen-bond donors (Lipinski definition) is 1. The van der Waals surface area contributed by atoms with Crippen LogP contribution < -0.4 is 15.8 Å². The van der Waals surface area contributed by atoms with Gasteiger partial charge in [-0.2, -0.15) is 5.10 Å². The van der Waals surface area contributed by atoms with Gasteiger partial charge in [0.2, 0.25) is 5.91 Å². The summed E-state index contributed by atoms with van der Waals surface area (Å²) in [6.07, 6.45) is 2.28. The summed E-state index contributed by atoms with van der Waals surface area (Å²) in [7, 11) is 0. The zero-order valence-corrected chi connectivity index (χ0v) is 17.9. The van der Waals surface area contributed by atoms with Gasteiger partial charge in [-0.15, -0.1) is 0 Å². The van der Waals surface area contributed by atoms with Gasteiger partial charge >= 0.3 is 0 Å². The van der Waals surface area contributed by atoms with E-state index in [2.05, 4.69) is 22.2 Å². The highest BCUT2D eigenvalue weighted by Gasteiger charge is 2.22. The molecular weight excluding hydrogens is 400 g/mol. The van der Waals surface area contributed by atoms with Crippen LogP contribution in [0.4, 0.5) is 11.5 Å². The second-order valence-electron chi connectivity index (χ2n) is 8.04. The van der Waals surface area contributed by atoms with Crippen LogP contribution >= 0.6 is 11.6 Å². The molecule has 1 aliphatic heterocycles. The standard InChI is InChI=1S/C23H25ClN4O2/c1-15-6-5-11-27(13-15)22-18-7-3-4-8-19(18)23(30)28(26-22)14-21(29)25-17-10-9-16(2)20(24)12-17/h3-4,7-10,12,15H,5-6,11,13-14H2,1-2H3,(H,25,29)/t15-/m1/s1. The zero-order chi connectivity index (χ0) is 21.3. The minimum Gasteiger partial charge on any atom is -0.354 e. The number of halogens is 1. The number of rotatable bonds is 4. The number of benzene rings is 2. The maximum Gasteiger partial charge on any atom is 0.275 e. The Labute approximate surface area is 180 Å². The molecule has 2 aromatic carbocycles. The van der Waals surface area contributed by atoms with Crippen molar-refractivity contribution in [3.63, 3.8) is 0 Å². The summed E-state index contributed by atoms with van der Waals surface area (Å²) in [6.45, 7) is 5.75. The Bertz CT molecular complexity index is 1160. The van der Waals surface area contributed by atoms with E-state index in [9.17, 15) is 9.59 Å². The van der Waals surface area contributed by atoms with E-state index in [1.807, 2.05) is 31.2 Å². The van der Waals surface area contributed by atoms with Gasteiger partial charge in [0.25, 0.3) is 5.56 Å². The first-order valence-electron chi connectivity index (χ1n) is 10.2. The summed E-state index contributed by atoms with van der Waals surface area (Å²) in [6, 6.07) is 12.8. The molecule has 0 radical (unpaired) electrons. The zero-order valence-electron chi connectivity index (χ0n) is 17.2. The summed E-state index contributed by atoms with van der Waals surface area (Å²) in [5.74, 6) is 1.01. The molecule has 1 saturated heterocycles. The molecule has 7 heteroatoms. The maximum absolute atomic E-state index is 13.0. The summed E-state index contributed by atoms with van der Waals surface area (Å²) in [5.41, 5.74) is 1.26. The number of piperidine rings is 1. The van der Waals surface area contributed by atoms with Crippen LogP contribution in [-0.2, 0) is 11.3 Å². The highest BCUT2D eigenvalue weighted by Crippen LogP contribution is 2.27. The van der Waals surface area contributed by atoms with Gasteiger partial charge in [0.15, 0.2) is 5.82 Å². The molecule has 30 heavy (non-hydrogen) atoms. The molecule has 0 aliphatic carbocycles. The van der Waals surface area contributed by atoms with Gasteiger partial charge < -0.3 is 10.2 Å². The van der Waals surface area contributed by atoms with E-state index in [0.717, 1.165) is 36.3 Å². The smallest absolute Gasteiger partial charge is 0.275 e. The van der Waals surface area contributed by atoms with Crippen LogP contribution in [0.25, 0.3) is 10.8 Å². The predicted octanol–water partition coefficient (Wildman–Crippen LogP) is 4.23. The molecular formula is C23H25ClN4O2. The molecule has 1 N–H and O–H groups in total. The number of hydrogen-bond acceptors (Lipinski definition) is 4. The molecule has 1 fully saturated rings. The molecule has 1 aliphatic rings. The van der Waals surface area contributed by atoms with Crippen molar-refractivity contribution in [3.8, 4) is 0 Å². The highest BCUT2D eigenvalue weighted by atomic mass is 35.5. The molecule has 2 heterocycles. The van der Waals surface area contributed by atoms with E-state index < -0.39 is 0 Å². The third-order valence-corrected chi connectivity index (χ3v) is 5.96. The fourth-order valence-electron chi connectivity index (χ4n) is 3.95. The average molecular weight is 425 g/mol. The average Bonchev–Trinajstić information content (AvgIpc) is 2.73. The number of anilines is 2. The molecule has 0 bridgehead atoms. The van der Waals surface area contributed by atoms with Gasteiger partial charge in [-0.1, -0.05) is 42.8 Å². The third kappa shape index (κ3) is 4.19. The highest BCUT2D eigenvalue weighted by molar-refractivity contribution is 6.31. The van der Waals surface area contributed by atoms with Crippen LogP contribution in [0.5, 0.6) is 0 Å². The van der Waals surface area contributed by atoms with Crippen molar-refractivity contribution in [2.75, 3.05) is 23.3 Å². The van der Waals surface area contributed by atoms with E-state index in [0.29, 0.717) is 22.0 Å². The molecule has 1 atom stereocenters. The lowest BCUT2D eigenvalue weighted by Gasteiger charge is -2.32. The van der Waals surface area contributed by atoms with Gasteiger partial charge in [-0.05, 0) is 49.4 Å². The number of aryl methyl sites for hydroxylation is 1. The molecule has 1 amide bonds. The Balaban J connectivity index is 1.66. The number of fused-ring (bicyclic) bond motifs is 1. The lowest BCUT2D eigenvalue weighted by molar-refractivity contribution is -0.117. The van der Waals surface area contributed by atoms with Crippen molar-refractivity contribution >= 4 is 39.8 Å². The Morgan fingerprint density at radius 1 is 1.23 bits per heavy atom. The van der Waals surface area contributed by atoms with Crippen molar-refractivity contribution in [1.29, 1.82) is 0 Å². The first-order chi connectivity index (χ1) is 14.4. The summed E-state index contributed by atoms with van der Waals surface area (Å²) >= 11 is 6.14. The fourth-order valence-corrected chi connectivity index (χ4v) is 4.13. The number of carbonyl (C=O) groups excluding carboxylic acids is 1. The number of nitrogens with zero attached hydrogens (tertiary/aromatic N) is 3. The minimum absolute atomic E-state index is 0.161. The number of nitrogens with one attached hydrogen (secondary N) is 1. The van der Waals surface area contributed by atoms with Crippen LogP contribution in [0.2, 0.25) is 5.02 Å². The van der Waals surface area contributed by atoms with E-state index in [1.165, 1.54) is 11.1 Å². The predicted molar refractivity (Wildman–Crippen MR) is 121 cm³/mol. The minimum atomic E-state index is -0.322. The molecule has 0 unspecified atom stereocenters. The molecule has 156 valence electrons. The summed E-state index contributed by atoms with van der Waals surface area (Å²) in [4.78, 5) is 27.9. The van der Waals surface area contributed by atoms with Crippen molar-refractivity contribution in [2.24, 2.45) is 5.92 Å². The van der Waals surface area contributed by atoms with E-state index in [1.54, 1.807) is 18.2 Å². The van der Waals surface area contributed by atoms with Gasteiger partial charge in [0.05, 0.1) is 5.39 Å². The molecule has 0 saturated carbocycles. The summed E-state index contributed by atoms with van der Waals surface area (Å²) in [5, 5.41) is 9.40. The van der Waals surface area contributed by atoms with Crippen molar-refractivity contribution in [3.05, 3.63) is 63.4 Å². The Morgan fingerprint density at radius 2 is 2.00 bits per heavy atom. The molecule has 6 nitrogen and oxygen atoms in total. The first-order valence-corrected chi connectivity index (χ1v) is 10.6. The van der Waals surface area contributed by atoms with E-state index >= 15 is 0 Å². The van der Waals surface area contributed by atoms with E-state index in [-0.39, 0.29) is 18.0 Å². The van der Waals surface area contributed by atoms with Crippen LogP contribution in [0.15, 0.2) is 47.3 Å². The van der Waals surface area contributed by atoms with Crippen molar-refractivity contribution < 1.29 is 4.79 Å². The van der Waals surface area contributed by atoms with E-state index in [4.69, 9.17) is 11.6 Å². The lowest BCUT2D eigenvalue weighted by atomic mass is 10.00. The topological polar surface area (TPSA) is 67.2 Å². The van der Waals surface area contributed by atoms with Gasteiger partial charge in [-0.25, -0.2) is 4.68 Å². The number of aromatic nitrogens is 2. The van der Waals surface area contributed by atoms with Crippen molar-refractivity contribution in [1.82, 2.24) is 9.78 Å².